The largest absolute Gasteiger partial charge is 0.356 e. The second-order valence-electron chi connectivity index (χ2n) is 4.41. The molecule has 1 rings (SSSR count). The third-order valence-electron chi connectivity index (χ3n) is 2.78. The molecular weight excluding hydrogens is 286 g/mol. The van der Waals surface area contributed by atoms with Gasteiger partial charge in [-0.3, -0.25) is 4.79 Å². The quantitative estimate of drug-likeness (QED) is 0.724. The van der Waals surface area contributed by atoms with Crippen LogP contribution in [0.5, 0.6) is 0 Å². The molecule has 1 aromatic carbocycles. The Morgan fingerprint density at radius 3 is 2.55 bits per heavy atom. The highest BCUT2D eigenvalue weighted by Gasteiger charge is 2.04. The van der Waals surface area contributed by atoms with E-state index in [0.717, 1.165) is 19.0 Å². The average Bonchev–Trinajstić information content (AvgIpc) is 2.39. The predicted molar refractivity (Wildman–Crippen MR) is 78.1 cm³/mol. The molecule has 1 aromatic rings. The Bertz CT molecular complexity index is 416. The van der Waals surface area contributed by atoms with Gasteiger partial charge in [0.25, 0.3) is 0 Å². The van der Waals surface area contributed by atoms with Crippen LogP contribution in [-0.4, -0.2) is 26.0 Å². The maximum absolute atomic E-state index is 12.9. The molecule has 2 N–H and O–H groups in total. The smallest absolute Gasteiger partial charge is 0.220 e. The van der Waals surface area contributed by atoms with E-state index >= 15 is 0 Å². The minimum Gasteiger partial charge on any atom is -0.356 e. The van der Waals surface area contributed by atoms with Gasteiger partial charge in [-0.05, 0) is 50.6 Å². The van der Waals surface area contributed by atoms with Crippen molar-refractivity contribution < 1.29 is 13.6 Å². The normalized spacial score (nSPS) is 9.95. The molecule has 0 heterocycles. The van der Waals surface area contributed by atoms with Gasteiger partial charge in [0.05, 0.1) is 0 Å². The Labute approximate surface area is 124 Å². The standard InChI is InChI=1S/C14H20F2N2O.ClH/c1-17-8-3-9-18-14(19)5-2-4-11-6-7-12(15)13(16)10-11;/h6-7,10,17H,2-5,8-9H2,1H3,(H,18,19);1H. The summed E-state index contributed by atoms with van der Waals surface area (Å²) < 4.78 is 25.7. The van der Waals surface area contributed by atoms with Crippen LogP contribution in [0.1, 0.15) is 24.8 Å². The van der Waals surface area contributed by atoms with E-state index in [1.165, 1.54) is 6.07 Å². The molecule has 0 unspecified atom stereocenters. The summed E-state index contributed by atoms with van der Waals surface area (Å²) in [7, 11) is 1.86. The highest BCUT2D eigenvalue weighted by atomic mass is 35.5. The molecule has 0 bridgehead atoms. The van der Waals surface area contributed by atoms with Crippen molar-refractivity contribution in [3.05, 3.63) is 35.4 Å². The first-order valence-electron chi connectivity index (χ1n) is 6.48. The van der Waals surface area contributed by atoms with Crippen molar-refractivity contribution in [2.75, 3.05) is 20.1 Å². The number of hydrogen-bond donors (Lipinski definition) is 2. The summed E-state index contributed by atoms with van der Waals surface area (Å²) in [5.74, 6) is -1.68. The zero-order chi connectivity index (χ0) is 14.1. The van der Waals surface area contributed by atoms with E-state index in [1.807, 2.05) is 7.05 Å². The number of aryl methyl sites for hydroxylation is 1. The Morgan fingerprint density at radius 2 is 1.90 bits per heavy atom. The van der Waals surface area contributed by atoms with E-state index in [-0.39, 0.29) is 18.3 Å². The molecular formula is C14H21ClF2N2O. The maximum Gasteiger partial charge on any atom is 0.220 e. The SMILES string of the molecule is CNCCCNC(=O)CCCc1ccc(F)c(F)c1.Cl. The van der Waals surface area contributed by atoms with E-state index in [9.17, 15) is 13.6 Å². The Hall–Kier alpha value is -1.20. The lowest BCUT2D eigenvalue weighted by atomic mass is 10.1. The number of hydrogen-bond acceptors (Lipinski definition) is 2. The first-order chi connectivity index (χ1) is 9.13. The molecule has 114 valence electrons. The second-order valence-corrected chi connectivity index (χ2v) is 4.41. The van der Waals surface area contributed by atoms with Gasteiger partial charge in [-0.15, -0.1) is 12.4 Å². The van der Waals surface area contributed by atoms with Crippen molar-refractivity contribution in [3.63, 3.8) is 0 Å². The predicted octanol–water partition coefficient (Wildman–Crippen LogP) is 2.44. The van der Waals surface area contributed by atoms with Crippen LogP contribution >= 0.6 is 12.4 Å². The Morgan fingerprint density at radius 1 is 1.15 bits per heavy atom. The van der Waals surface area contributed by atoms with E-state index in [2.05, 4.69) is 10.6 Å². The molecule has 6 heteroatoms. The fourth-order valence-corrected chi connectivity index (χ4v) is 1.73. The molecule has 0 aliphatic rings. The van der Waals surface area contributed by atoms with Crippen molar-refractivity contribution >= 4 is 18.3 Å². The summed E-state index contributed by atoms with van der Waals surface area (Å²) >= 11 is 0. The van der Waals surface area contributed by atoms with Crippen molar-refractivity contribution in [1.82, 2.24) is 10.6 Å². The zero-order valence-electron chi connectivity index (χ0n) is 11.5. The first-order valence-corrected chi connectivity index (χ1v) is 6.48. The van der Waals surface area contributed by atoms with E-state index in [4.69, 9.17) is 0 Å². The lowest BCUT2D eigenvalue weighted by molar-refractivity contribution is -0.121. The Balaban J connectivity index is 0.00000361. The second kappa shape index (κ2) is 10.6. The van der Waals surface area contributed by atoms with Crippen molar-refractivity contribution in [1.29, 1.82) is 0 Å². The number of benzene rings is 1. The van der Waals surface area contributed by atoms with Gasteiger partial charge in [0, 0.05) is 13.0 Å². The van der Waals surface area contributed by atoms with Crippen molar-refractivity contribution in [2.24, 2.45) is 0 Å². The van der Waals surface area contributed by atoms with Crippen molar-refractivity contribution in [2.45, 2.75) is 25.7 Å². The first kappa shape index (κ1) is 18.8. The van der Waals surface area contributed by atoms with Crippen LogP contribution in [-0.2, 0) is 11.2 Å². The summed E-state index contributed by atoms with van der Waals surface area (Å²) in [6, 6.07) is 3.84. The monoisotopic (exact) mass is 306 g/mol. The fraction of sp³-hybridized carbons (Fsp3) is 0.500. The molecule has 0 atom stereocenters. The lowest BCUT2D eigenvalue weighted by Crippen LogP contribution is -2.26. The molecule has 3 nitrogen and oxygen atoms in total. The maximum atomic E-state index is 12.9. The summed E-state index contributed by atoms with van der Waals surface area (Å²) in [6.07, 6.45) is 2.49. The third-order valence-corrected chi connectivity index (χ3v) is 2.78. The number of amides is 1. The van der Waals surface area contributed by atoms with Crippen LogP contribution in [0.15, 0.2) is 18.2 Å². The molecule has 20 heavy (non-hydrogen) atoms. The van der Waals surface area contributed by atoms with E-state index in [1.54, 1.807) is 6.07 Å². The fourth-order valence-electron chi connectivity index (χ4n) is 1.73. The minimum absolute atomic E-state index is 0. The van der Waals surface area contributed by atoms with Crippen molar-refractivity contribution in [3.8, 4) is 0 Å². The number of carbonyl (C=O) groups excluding carboxylic acids is 1. The Kier molecular flexibility index (Phi) is 9.94. The van der Waals surface area contributed by atoms with Crippen LogP contribution in [0.3, 0.4) is 0 Å². The van der Waals surface area contributed by atoms with Crippen LogP contribution in [0.4, 0.5) is 8.78 Å². The number of rotatable bonds is 8. The molecule has 0 saturated heterocycles. The lowest BCUT2D eigenvalue weighted by Gasteiger charge is -2.05. The summed E-state index contributed by atoms with van der Waals surface area (Å²) in [4.78, 5) is 11.5. The molecule has 0 aromatic heterocycles. The highest BCUT2D eigenvalue weighted by molar-refractivity contribution is 5.85. The van der Waals surface area contributed by atoms with Gasteiger partial charge < -0.3 is 10.6 Å². The molecule has 1 amide bonds. The van der Waals surface area contributed by atoms with Gasteiger partial charge in [0.1, 0.15) is 0 Å². The van der Waals surface area contributed by atoms with Crippen LogP contribution in [0.25, 0.3) is 0 Å². The van der Waals surface area contributed by atoms with Crippen LogP contribution < -0.4 is 10.6 Å². The van der Waals surface area contributed by atoms with Gasteiger partial charge in [0.15, 0.2) is 11.6 Å². The number of carbonyl (C=O) groups is 1. The topological polar surface area (TPSA) is 41.1 Å². The molecule has 0 aliphatic carbocycles. The van der Waals surface area contributed by atoms with E-state index in [0.29, 0.717) is 31.4 Å². The molecule has 0 aliphatic heterocycles. The number of halogens is 3. The minimum atomic E-state index is -0.842. The summed E-state index contributed by atoms with van der Waals surface area (Å²) in [6.45, 7) is 1.53. The van der Waals surface area contributed by atoms with E-state index < -0.39 is 11.6 Å². The van der Waals surface area contributed by atoms with Crippen LogP contribution in [0.2, 0.25) is 0 Å². The van der Waals surface area contributed by atoms with Gasteiger partial charge >= 0.3 is 0 Å². The summed E-state index contributed by atoms with van der Waals surface area (Å²) in [5, 5.41) is 5.81. The van der Waals surface area contributed by atoms with Crippen LogP contribution in [0, 0.1) is 11.6 Å². The zero-order valence-corrected chi connectivity index (χ0v) is 12.4. The molecule has 0 saturated carbocycles. The van der Waals surface area contributed by atoms with Gasteiger partial charge in [-0.25, -0.2) is 8.78 Å². The molecule has 0 spiro atoms. The number of nitrogens with one attached hydrogen (secondary N) is 2. The van der Waals surface area contributed by atoms with Gasteiger partial charge in [0.2, 0.25) is 5.91 Å². The van der Waals surface area contributed by atoms with Gasteiger partial charge in [-0.2, -0.15) is 0 Å². The third kappa shape index (κ3) is 7.40. The highest BCUT2D eigenvalue weighted by Crippen LogP contribution is 2.11. The van der Waals surface area contributed by atoms with Gasteiger partial charge in [-0.1, -0.05) is 6.07 Å². The molecule has 0 fully saturated rings. The average molecular weight is 307 g/mol. The summed E-state index contributed by atoms with van der Waals surface area (Å²) in [5.41, 5.74) is 0.710. The molecule has 0 radical (unpaired) electrons.